The van der Waals surface area contributed by atoms with Crippen LogP contribution in [0.15, 0.2) is 60.7 Å². The number of benzene rings is 2. The third-order valence-corrected chi connectivity index (χ3v) is 6.67. The molecule has 3 N–H and O–H groups in total. The maximum atomic E-state index is 14.3. The highest BCUT2D eigenvalue weighted by Crippen LogP contribution is 2.49. The number of hydrogen-bond donors (Lipinski definition) is 3. The van der Waals surface area contributed by atoms with E-state index in [0.29, 0.717) is 31.6 Å². The number of aliphatic hydroxyl groups excluding tert-OH is 1. The van der Waals surface area contributed by atoms with E-state index in [1.807, 2.05) is 60.7 Å². The van der Waals surface area contributed by atoms with Gasteiger partial charge >= 0.3 is 6.18 Å². The summed E-state index contributed by atoms with van der Waals surface area (Å²) in [4.78, 5) is 12.5. The Morgan fingerprint density at radius 3 is 2.06 bits per heavy atom. The molecular weight excluding hydrogens is 445 g/mol. The third kappa shape index (κ3) is 3.99. The number of alkyl halides is 3. The molecule has 1 fully saturated rings. The lowest BCUT2D eigenvalue weighted by Gasteiger charge is -2.32. The number of halogens is 3. The fourth-order valence-electron chi connectivity index (χ4n) is 5.07. The standard InChI is InChI=1S/C25H25F3N4O2/c26-25(27,28)19-18-20(15-11-13-29-14-12-15)31-32(23(18)30-24(34)22(19)33)21(16-7-3-1-4-8-16)17-9-5-2-6-10-17/h1-10,15,19,21-22,29,33H,11-14H2,(H,30,34)/t19-,22-/m1/s1. The lowest BCUT2D eigenvalue weighted by atomic mass is 9.83. The number of amides is 1. The summed E-state index contributed by atoms with van der Waals surface area (Å²) in [5.74, 6) is -3.62. The van der Waals surface area contributed by atoms with Gasteiger partial charge in [0, 0.05) is 11.5 Å². The Hall–Kier alpha value is -3.17. The first-order chi connectivity index (χ1) is 16.4. The van der Waals surface area contributed by atoms with E-state index in [1.54, 1.807) is 0 Å². The molecular formula is C25H25F3N4O2. The summed E-state index contributed by atoms with van der Waals surface area (Å²) in [5, 5.41) is 20.9. The smallest absolute Gasteiger partial charge is 0.382 e. The number of carbonyl (C=O) groups is 1. The summed E-state index contributed by atoms with van der Waals surface area (Å²) < 4.78 is 44.3. The number of hydrogen-bond acceptors (Lipinski definition) is 4. The molecule has 2 aliphatic rings. The summed E-state index contributed by atoms with van der Waals surface area (Å²) in [6.07, 6.45) is -5.78. The van der Waals surface area contributed by atoms with Gasteiger partial charge in [0.25, 0.3) is 5.91 Å². The molecule has 1 amide bonds. The minimum absolute atomic E-state index is 0.00358. The molecule has 1 saturated heterocycles. The number of rotatable bonds is 4. The van der Waals surface area contributed by atoms with Crippen molar-refractivity contribution in [1.29, 1.82) is 0 Å². The Morgan fingerprint density at radius 1 is 0.971 bits per heavy atom. The second-order valence-corrected chi connectivity index (χ2v) is 8.79. The molecule has 6 nitrogen and oxygen atoms in total. The molecule has 3 aromatic rings. The van der Waals surface area contributed by atoms with Crippen LogP contribution in [-0.2, 0) is 4.79 Å². The molecule has 0 unspecified atom stereocenters. The maximum Gasteiger partial charge on any atom is 0.398 e. The fourth-order valence-corrected chi connectivity index (χ4v) is 5.07. The predicted molar refractivity (Wildman–Crippen MR) is 121 cm³/mol. The van der Waals surface area contributed by atoms with Crippen LogP contribution in [0.25, 0.3) is 0 Å². The molecule has 9 heteroatoms. The third-order valence-electron chi connectivity index (χ3n) is 6.67. The first kappa shape index (κ1) is 22.6. The van der Waals surface area contributed by atoms with Gasteiger partial charge in [-0.05, 0) is 37.1 Å². The van der Waals surface area contributed by atoms with Crippen LogP contribution < -0.4 is 10.6 Å². The highest BCUT2D eigenvalue weighted by molar-refractivity contribution is 5.97. The lowest BCUT2D eigenvalue weighted by molar-refractivity contribution is -0.177. The zero-order valence-corrected chi connectivity index (χ0v) is 18.3. The predicted octanol–water partition coefficient (Wildman–Crippen LogP) is 3.95. The summed E-state index contributed by atoms with van der Waals surface area (Å²) >= 11 is 0. The van der Waals surface area contributed by atoms with Crippen molar-refractivity contribution in [2.75, 3.05) is 18.4 Å². The van der Waals surface area contributed by atoms with E-state index in [-0.39, 0.29) is 17.3 Å². The number of nitrogens with zero attached hydrogens (tertiary/aromatic N) is 2. The number of aliphatic hydroxyl groups is 1. The van der Waals surface area contributed by atoms with Crippen LogP contribution in [0.4, 0.5) is 19.0 Å². The first-order valence-electron chi connectivity index (χ1n) is 11.3. The number of aromatic nitrogens is 2. The Morgan fingerprint density at radius 2 is 1.53 bits per heavy atom. The van der Waals surface area contributed by atoms with Crippen molar-refractivity contribution in [3.8, 4) is 0 Å². The summed E-state index contributed by atoms with van der Waals surface area (Å²) in [5.41, 5.74) is 1.82. The van der Waals surface area contributed by atoms with E-state index in [0.717, 1.165) is 11.1 Å². The Kier molecular flexibility index (Phi) is 5.91. The molecule has 0 saturated carbocycles. The van der Waals surface area contributed by atoms with Gasteiger partial charge in [0.15, 0.2) is 0 Å². The number of piperidine rings is 1. The molecule has 0 aliphatic carbocycles. The number of carbonyl (C=O) groups excluding carboxylic acids is 1. The number of fused-ring (bicyclic) bond motifs is 1. The molecule has 2 atom stereocenters. The van der Waals surface area contributed by atoms with Crippen LogP contribution >= 0.6 is 0 Å². The summed E-state index contributed by atoms with van der Waals surface area (Å²) in [7, 11) is 0. The average Bonchev–Trinajstić information content (AvgIpc) is 3.19. The molecule has 0 bridgehead atoms. The monoisotopic (exact) mass is 470 g/mol. The highest BCUT2D eigenvalue weighted by atomic mass is 19.4. The highest BCUT2D eigenvalue weighted by Gasteiger charge is 2.54. The zero-order valence-electron chi connectivity index (χ0n) is 18.3. The van der Waals surface area contributed by atoms with Gasteiger partial charge in [-0.2, -0.15) is 18.3 Å². The molecule has 0 spiro atoms. The molecule has 2 aromatic carbocycles. The van der Waals surface area contributed by atoms with Crippen molar-refractivity contribution in [2.45, 2.75) is 43.0 Å². The molecule has 2 aliphatic heterocycles. The van der Waals surface area contributed by atoms with Gasteiger partial charge in [-0.25, -0.2) is 4.68 Å². The zero-order chi connectivity index (χ0) is 23.9. The lowest BCUT2D eigenvalue weighted by Crippen LogP contribution is -2.45. The Bertz CT molecular complexity index is 1120. The van der Waals surface area contributed by atoms with Crippen molar-refractivity contribution in [1.82, 2.24) is 15.1 Å². The van der Waals surface area contributed by atoms with Gasteiger partial charge in [0.2, 0.25) is 0 Å². The van der Waals surface area contributed by atoms with Crippen LogP contribution in [-0.4, -0.2) is 46.2 Å². The normalized spacial score (nSPS) is 21.4. The molecule has 5 rings (SSSR count). The van der Waals surface area contributed by atoms with E-state index in [4.69, 9.17) is 5.10 Å². The summed E-state index contributed by atoms with van der Waals surface area (Å²) in [6, 6.07) is 18.1. The van der Waals surface area contributed by atoms with Crippen LogP contribution in [0.3, 0.4) is 0 Å². The van der Waals surface area contributed by atoms with Crippen LogP contribution in [0, 0.1) is 0 Å². The van der Waals surface area contributed by atoms with E-state index in [2.05, 4.69) is 10.6 Å². The fraction of sp³-hybridized carbons (Fsp3) is 0.360. The van der Waals surface area contributed by atoms with Crippen LogP contribution in [0.2, 0.25) is 0 Å². The maximum absolute atomic E-state index is 14.3. The average molecular weight is 470 g/mol. The van der Waals surface area contributed by atoms with E-state index in [1.165, 1.54) is 4.68 Å². The van der Waals surface area contributed by atoms with Crippen molar-refractivity contribution in [3.63, 3.8) is 0 Å². The molecule has 1 aromatic heterocycles. The van der Waals surface area contributed by atoms with Crippen LogP contribution in [0.1, 0.15) is 53.1 Å². The second-order valence-electron chi connectivity index (χ2n) is 8.79. The molecule has 34 heavy (non-hydrogen) atoms. The summed E-state index contributed by atoms with van der Waals surface area (Å²) in [6.45, 7) is 1.33. The number of nitrogens with one attached hydrogen (secondary N) is 2. The SMILES string of the molecule is O=C1Nc2c(c(C3CCNCC3)nn2C(c2ccccc2)c2ccccc2)[C@@H](C(F)(F)F)[C@H]1O. The van der Waals surface area contributed by atoms with Gasteiger partial charge in [0.05, 0.1) is 5.69 Å². The Balaban J connectivity index is 1.77. The van der Waals surface area contributed by atoms with Crippen molar-refractivity contribution in [3.05, 3.63) is 83.0 Å². The molecule has 3 heterocycles. The van der Waals surface area contributed by atoms with Gasteiger partial charge in [-0.1, -0.05) is 60.7 Å². The van der Waals surface area contributed by atoms with Gasteiger partial charge in [-0.3, -0.25) is 4.79 Å². The second kappa shape index (κ2) is 8.88. The van der Waals surface area contributed by atoms with Crippen LogP contribution in [0.5, 0.6) is 0 Å². The van der Waals surface area contributed by atoms with Gasteiger partial charge < -0.3 is 15.7 Å². The largest absolute Gasteiger partial charge is 0.398 e. The molecule has 178 valence electrons. The van der Waals surface area contributed by atoms with Crippen molar-refractivity contribution >= 4 is 11.7 Å². The minimum Gasteiger partial charge on any atom is -0.382 e. The first-order valence-corrected chi connectivity index (χ1v) is 11.3. The van der Waals surface area contributed by atoms with E-state index in [9.17, 15) is 23.1 Å². The topological polar surface area (TPSA) is 79.2 Å². The quantitative estimate of drug-likeness (QED) is 0.540. The number of anilines is 1. The van der Waals surface area contributed by atoms with Crippen molar-refractivity contribution < 1.29 is 23.1 Å². The van der Waals surface area contributed by atoms with E-state index < -0.39 is 30.1 Å². The minimum atomic E-state index is -4.81. The van der Waals surface area contributed by atoms with Crippen molar-refractivity contribution in [2.24, 2.45) is 0 Å². The molecule has 0 radical (unpaired) electrons. The van der Waals surface area contributed by atoms with E-state index >= 15 is 0 Å². The van der Waals surface area contributed by atoms with Gasteiger partial charge in [-0.15, -0.1) is 0 Å². The van der Waals surface area contributed by atoms with Gasteiger partial charge in [0.1, 0.15) is 23.9 Å². The Labute approximate surface area is 194 Å².